The standard InChI is InChI=1S/C20H27N3O5S/c1-15(19(24)23(2)17-7-4-3-5-8-17)28-20(25)16-9-11-18(12-10-16)29(26,27)22-14-6-13-21/h9-12,15,17,22H,3-8,14H2,1-2H3/t15-/m0/s1. The zero-order valence-corrected chi connectivity index (χ0v) is 17.6. The van der Waals surface area contributed by atoms with Crippen LogP contribution in [0.3, 0.4) is 0 Å². The summed E-state index contributed by atoms with van der Waals surface area (Å²) in [5, 5.41) is 8.49. The van der Waals surface area contributed by atoms with E-state index in [0.29, 0.717) is 0 Å². The Morgan fingerprint density at radius 1 is 1.24 bits per heavy atom. The van der Waals surface area contributed by atoms with E-state index in [0.717, 1.165) is 25.7 Å². The summed E-state index contributed by atoms with van der Waals surface area (Å²) in [6, 6.07) is 7.27. The molecule has 0 bridgehead atoms. The molecule has 1 fully saturated rings. The van der Waals surface area contributed by atoms with E-state index < -0.39 is 22.1 Å². The number of nitrogens with one attached hydrogen (secondary N) is 1. The van der Waals surface area contributed by atoms with Crippen molar-refractivity contribution in [1.82, 2.24) is 9.62 Å². The molecule has 158 valence electrons. The number of nitriles is 1. The molecule has 1 aromatic carbocycles. The molecule has 1 atom stereocenters. The maximum absolute atomic E-state index is 12.6. The lowest BCUT2D eigenvalue weighted by Gasteiger charge is -2.32. The van der Waals surface area contributed by atoms with Crippen molar-refractivity contribution in [3.8, 4) is 6.07 Å². The molecule has 0 saturated heterocycles. The summed E-state index contributed by atoms with van der Waals surface area (Å²) in [6.45, 7) is 1.55. The molecule has 2 rings (SSSR count). The molecule has 9 heteroatoms. The van der Waals surface area contributed by atoms with Gasteiger partial charge in [0.25, 0.3) is 5.91 Å². The third-order valence-corrected chi connectivity index (χ3v) is 6.51. The Labute approximate surface area is 171 Å². The Morgan fingerprint density at radius 2 is 1.86 bits per heavy atom. The minimum Gasteiger partial charge on any atom is -0.449 e. The third kappa shape index (κ3) is 6.27. The van der Waals surface area contributed by atoms with Crippen LogP contribution in [0.5, 0.6) is 0 Å². The molecule has 0 aliphatic heterocycles. The lowest BCUT2D eigenvalue weighted by molar-refractivity contribution is -0.141. The van der Waals surface area contributed by atoms with Crippen molar-refractivity contribution in [3.05, 3.63) is 29.8 Å². The number of carbonyl (C=O) groups is 2. The van der Waals surface area contributed by atoms with Crippen LogP contribution in [0.1, 0.15) is 55.8 Å². The largest absolute Gasteiger partial charge is 0.449 e. The molecule has 0 aromatic heterocycles. The average molecular weight is 422 g/mol. The average Bonchev–Trinajstić information content (AvgIpc) is 2.73. The van der Waals surface area contributed by atoms with Gasteiger partial charge in [-0.15, -0.1) is 0 Å². The predicted molar refractivity (Wildman–Crippen MR) is 106 cm³/mol. The van der Waals surface area contributed by atoms with Crippen molar-refractivity contribution in [1.29, 1.82) is 5.26 Å². The SMILES string of the molecule is C[C@H](OC(=O)c1ccc(S(=O)(=O)NCCC#N)cc1)C(=O)N(C)C1CCCCC1. The summed E-state index contributed by atoms with van der Waals surface area (Å²) >= 11 is 0. The van der Waals surface area contributed by atoms with Crippen LogP contribution in [0.2, 0.25) is 0 Å². The van der Waals surface area contributed by atoms with Gasteiger partial charge in [-0.25, -0.2) is 17.9 Å². The second-order valence-corrected chi connectivity index (χ2v) is 8.89. The van der Waals surface area contributed by atoms with Crippen molar-refractivity contribution < 1.29 is 22.7 Å². The first-order chi connectivity index (χ1) is 13.8. The van der Waals surface area contributed by atoms with Crippen LogP contribution in [0, 0.1) is 11.3 Å². The highest BCUT2D eigenvalue weighted by molar-refractivity contribution is 7.89. The molecule has 0 spiro atoms. The number of amides is 1. The van der Waals surface area contributed by atoms with Gasteiger partial charge < -0.3 is 9.64 Å². The summed E-state index contributed by atoms with van der Waals surface area (Å²) < 4.78 is 31.8. The van der Waals surface area contributed by atoms with Crippen LogP contribution in [-0.2, 0) is 19.6 Å². The molecule has 1 aliphatic rings. The first-order valence-corrected chi connectivity index (χ1v) is 11.2. The van der Waals surface area contributed by atoms with Gasteiger partial charge in [0, 0.05) is 26.1 Å². The predicted octanol–water partition coefficient (Wildman–Crippen LogP) is 2.21. The van der Waals surface area contributed by atoms with Gasteiger partial charge in [0.05, 0.1) is 16.5 Å². The second kappa shape index (κ2) is 10.4. The Bertz CT molecular complexity index is 855. The van der Waals surface area contributed by atoms with Crippen molar-refractivity contribution in [2.75, 3.05) is 13.6 Å². The Hall–Kier alpha value is -2.44. The molecular formula is C20H27N3O5S. The van der Waals surface area contributed by atoms with E-state index in [1.807, 2.05) is 6.07 Å². The van der Waals surface area contributed by atoms with Crippen LogP contribution in [0.25, 0.3) is 0 Å². The van der Waals surface area contributed by atoms with Crippen molar-refractivity contribution in [3.63, 3.8) is 0 Å². The minimum atomic E-state index is -3.75. The Morgan fingerprint density at radius 3 is 2.45 bits per heavy atom. The van der Waals surface area contributed by atoms with E-state index in [4.69, 9.17) is 10.00 Å². The fraction of sp³-hybridized carbons (Fsp3) is 0.550. The van der Waals surface area contributed by atoms with Crippen molar-refractivity contribution >= 4 is 21.9 Å². The van der Waals surface area contributed by atoms with E-state index in [1.54, 1.807) is 11.9 Å². The molecule has 8 nitrogen and oxygen atoms in total. The summed E-state index contributed by atoms with van der Waals surface area (Å²) in [5.74, 6) is -0.935. The van der Waals surface area contributed by atoms with Gasteiger partial charge >= 0.3 is 5.97 Å². The molecule has 1 amide bonds. The zero-order valence-electron chi connectivity index (χ0n) is 16.8. The monoisotopic (exact) mass is 421 g/mol. The van der Waals surface area contributed by atoms with E-state index in [-0.39, 0.29) is 35.4 Å². The molecule has 29 heavy (non-hydrogen) atoms. The lowest BCUT2D eigenvalue weighted by Crippen LogP contribution is -2.44. The van der Waals surface area contributed by atoms with Crippen LogP contribution in [0.4, 0.5) is 0 Å². The van der Waals surface area contributed by atoms with E-state index in [1.165, 1.54) is 37.6 Å². The van der Waals surface area contributed by atoms with Crippen molar-refractivity contribution in [2.45, 2.75) is 62.5 Å². The van der Waals surface area contributed by atoms with Gasteiger partial charge in [-0.2, -0.15) is 5.26 Å². The molecule has 0 radical (unpaired) electrons. The maximum atomic E-state index is 12.6. The zero-order chi connectivity index (χ0) is 21.4. The molecule has 1 N–H and O–H groups in total. The Balaban J connectivity index is 1.96. The quantitative estimate of drug-likeness (QED) is 0.508. The van der Waals surface area contributed by atoms with E-state index >= 15 is 0 Å². The van der Waals surface area contributed by atoms with E-state index in [9.17, 15) is 18.0 Å². The summed E-state index contributed by atoms with van der Waals surface area (Å²) in [6.07, 6.45) is 4.43. The van der Waals surface area contributed by atoms with Crippen LogP contribution in [-0.4, -0.2) is 50.9 Å². The fourth-order valence-electron chi connectivity index (χ4n) is 3.31. The number of nitrogens with zero attached hydrogens (tertiary/aromatic N) is 2. The van der Waals surface area contributed by atoms with Gasteiger partial charge in [0.1, 0.15) is 0 Å². The number of esters is 1. The molecule has 1 aliphatic carbocycles. The maximum Gasteiger partial charge on any atom is 0.338 e. The van der Waals surface area contributed by atoms with E-state index in [2.05, 4.69) is 4.72 Å². The number of ether oxygens (including phenoxy) is 1. The highest BCUT2D eigenvalue weighted by Gasteiger charge is 2.28. The number of rotatable bonds is 8. The molecule has 0 heterocycles. The highest BCUT2D eigenvalue weighted by Crippen LogP contribution is 2.22. The van der Waals surface area contributed by atoms with Crippen LogP contribution < -0.4 is 4.72 Å². The van der Waals surface area contributed by atoms with Gasteiger partial charge in [0.15, 0.2) is 6.10 Å². The summed E-state index contributed by atoms with van der Waals surface area (Å²) in [5.41, 5.74) is 0.154. The fourth-order valence-corrected chi connectivity index (χ4v) is 4.34. The smallest absolute Gasteiger partial charge is 0.338 e. The topological polar surface area (TPSA) is 117 Å². The minimum absolute atomic E-state index is 0.0107. The summed E-state index contributed by atoms with van der Waals surface area (Å²) in [4.78, 5) is 26.5. The first-order valence-electron chi connectivity index (χ1n) is 9.70. The molecular weight excluding hydrogens is 394 g/mol. The molecule has 1 saturated carbocycles. The number of carbonyl (C=O) groups excluding carboxylic acids is 2. The molecule has 1 aromatic rings. The van der Waals surface area contributed by atoms with Gasteiger partial charge in [-0.1, -0.05) is 19.3 Å². The summed E-state index contributed by atoms with van der Waals surface area (Å²) in [7, 11) is -2.01. The number of sulfonamides is 1. The Kier molecular flexibility index (Phi) is 8.17. The third-order valence-electron chi connectivity index (χ3n) is 5.03. The molecule has 0 unspecified atom stereocenters. The second-order valence-electron chi connectivity index (χ2n) is 7.12. The van der Waals surface area contributed by atoms with Crippen molar-refractivity contribution in [2.24, 2.45) is 0 Å². The van der Waals surface area contributed by atoms with Gasteiger partial charge in [-0.3, -0.25) is 4.79 Å². The normalized spacial score (nSPS) is 15.9. The highest BCUT2D eigenvalue weighted by atomic mass is 32.2. The number of hydrogen-bond donors (Lipinski definition) is 1. The number of benzene rings is 1. The lowest BCUT2D eigenvalue weighted by atomic mass is 9.94. The number of likely N-dealkylation sites (N-methyl/N-ethyl adjacent to an activating group) is 1. The van der Waals surface area contributed by atoms with Gasteiger partial charge in [0.2, 0.25) is 10.0 Å². The first kappa shape index (κ1) is 22.8. The van der Waals surface area contributed by atoms with Gasteiger partial charge in [-0.05, 0) is 44.0 Å². The number of hydrogen-bond acceptors (Lipinski definition) is 6. The van der Waals surface area contributed by atoms with Crippen LogP contribution >= 0.6 is 0 Å². The van der Waals surface area contributed by atoms with Crippen LogP contribution in [0.15, 0.2) is 29.2 Å².